The minimum absolute atomic E-state index is 0.00465. The molecule has 1 aliphatic rings. The van der Waals surface area contributed by atoms with Crippen LogP contribution in [-0.4, -0.2) is 37.6 Å². The molecule has 1 fully saturated rings. The summed E-state index contributed by atoms with van der Waals surface area (Å²) in [5.41, 5.74) is 0.823. The Labute approximate surface area is 213 Å². The van der Waals surface area contributed by atoms with E-state index in [0.717, 1.165) is 17.8 Å². The second kappa shape index (κ2) is 11.8. The maximum absolute atomic E-state index is 13.0. The molecule has 3 aromatic rings. The van der Waals surface area contributed by atoms with Crippen molar-refractivity contribution in [2.45, 2.75) is 31.6 Å². The van der Waals surface area contributed by atoms with Gasteiger partial charge in [0.05, 0.1) is 11.1 Å². The van der Waals surface area contributed by atoms with Crippen LogP contribution in [0.15, 0.2) is 78.9 Å². The number of carbonyl (C=O) groups is 2. The van der Waals surface area contributed by atoms with Crippen LogP contribution in [0.4, 0.5) is 18.9 Å². The summed E-state index contributed by atoms with van der Waals surface area (Å²) in [5, 5.41) is 5.73. The van der Waals surface area contributed by atoms with E-state index in [2.05, 4.69) is 15.5 Å². The molecule has 0 aromatic heterocycles. The molecule has 9 heteroatoms. The van der Waals surface area contributed by atoms with Gasteiger partial charge < -0.3 is 20.3 Å². The molecule has 1 aliphatic heterocycles. The molecule has 0 unspecified atom stereocenters. The van der Waals surface area contributed by atoms with E-state index < -0.39 is 11.7 Å². The van der Waals surface area contributed by atoms with Crippen molar-refractivity contribution < 1.29 is 27.5 Å². The first-order chi connectivity index (χ1) is 17.8. The molecular weight excluding hydrogens is 483 g/mol. The molecule has 0 atom stereocenters. The predicted octanol–water partition coefficient (Wildman–Crippen LogP) is 4.80. The summed E-state index contributed by atoms with van der Waals surface area (Å²) in [6.07, 6.45) is -3.03. The highest BCUT2D eigenvalue weighted by Gasteiger charge is 2.30. The minimum Gasteiger partial charge on any atom is -0.484 e. The molecule has 37 heavy (non-hydrogen) atoms. The number of benzene rings is 3. The zero-order valence-corrected chi connectivity index (χ0v) is 20.1. The first-order valence-electron chi connectivity index (χ1n) is 12.0. The van der Waals surface area contributed by atoms with Crippen molar-refractivity contribution >= 4 is 17.5 Å². The highest BCUT2D eigenvalue weighted by atomic mass is 19.4. The molecule has 0 radical (unpaired) electrons. The maximum Gasteiger partial charge on any atom is 0.416 e. The number of carbonyl (C=O) groups excluding carboxylic acids is 2. The van der Waals surface area contributed by atoms with Crippen molar-refractivity contribution in [1.82, 2.24) is 10.6 Å². The lowest BCUT2D eigenvalue weighted by molar-refractivity contribution is -0.137. The van der Waals surface area contributed by atoms with Crippen LogP contribution in [0.5, 0.6) is 5.75 Å². The molecule has 0 bridgehead atoms. The normalized spacial score (nSPS) is 14.2. The Kier molecular flexibility index (Phi) is 8.32. The molecule has 2 N–H and O–H groups in total. The van der Waals surface area contributed by atoms with E-state index in [1.807, 2.05) is 30.3 Å². The molecule has 1 saturated heterocycles. The van der Waals surface area contributed by atoms with Gasteiger partial charge in [0.1, 0.15) is 5.75 Å². The van der Waals surface area contributed by atoms with Gasteiger partial charge in [-0.2, -0.15) is 13.2 Å². The largest absolute Gasteiger partial charge is 0.484 e. The van der Waals surface area contributed by atoms with E-state index in [1.54, 1.807) is 30.3 Å². The topological polar surface area (TPSA) is 70.7 Å². The summed E-state index contributed by atoms with van der Waals surface area (Å²) in [4.78, 5) is 27.3. The van der Waals surface area contributed by atoms with Crippen LogP contribution in [0.2, 0.25) is 0 Å². The van der Waals surface area contributed by atoms with Crippen molar-refractivity contribution in [3.8, 4) is 5.75 Å². The van der Waals surface area contributed by atoms with Crippen LogP contribution in [-0.2, 0) is 17.5 Å². The van der Waals surface area contributed by atoms with Crippen molar-refractivity contribution in [2.24, 2.45) is 0 Å². The van der Waals surface area contributed by atoms with Crippen molar-refractivity contribution in [2.75, 3.05) is 24.6 Å². The fourth-order valence-electron chi connectivity index (χ4n) is 4.28. The Bertz CT molecular complexity index is 1210. The lowest BCUT2D eigenvalue weighted by Crippen LogP contribution is -2.46. The standard InChI is InChI=1S/C28H28F3N3O3/c29-28(30,31)21-8-6-7-20(17-21)18-32-27(36)24-11-4-5-12-25(24)34-15-13-22(14-16-34)33-26(35)19-37-23-9-2-1-3-10-23/h1-12,17,22H,13-16,18-19H2,(H,32,36)(H,33,35). The minimum atomic E-state index is -4.44. The van der Waals surface area contributed by atoms with E-state index in [9.17, 15) is 22.8 Å². The fourth-order valence-corrected chi connectivity index (χ4v) is 4.28. The van der Waals surface area contributed by atoms with E-state index in [1.165, 1.54) is 6.07 Å². The number of anilines is 1. The summed E-state index contributed by atoms with van der Waals surface area (Å²) in [6.45, 7) is 1.21. The predicted molar refractivity (Wildman–Crippen MR) is 134 cm³/mol. The van der Waals surface area contributed by atoms with Gasteiger partial charge in [-0.3, -0.25) is 9.59 Å². The summed E-state index contributed by atoms with van der Waals surface area (Å²) in [5.74, 6) is 0.0913. The summed E-state index contributed by atoms with van der Waals surface area (Å²) >= 11 is 0. The van der Waals surface area contributed by atoms with Gasteiger partial charge in [0.15, 0.2) is 6.61 Å². The first-order valence-corrected chi connectivity index (χ1v) is 12.0. The van der Waals surface area contributed by atoms with E-state index >= 15 is 0 Å². The molecule has 0 aliphatic carbocycles. The van der Waals surface area contributed by atoms with Gasteiger partial charge in [0.2, 0.25) is 0 Å². The van der Waals surface area contributed by atoms with Gasteiger partial charge in [0.25, 0.3) is 11.8 Å². The SMILES string of the molecule is O=C(COc1ccccc1)NC1CCN(c2ccccc2C(=O)NCc2cccc(C(F)(F)F)c2)CC1. The van der Waals surface area contributed by atoms with Crippen LogP contribution in [0.3, 0.4) is 0 Å². The van der Waals surface area contributed by atoms with Crippen LogP contribution >= 0.6 is 0 Å². The average molecular weight is 512 g/mol. The molecule has 6 nitrogen and oxygen atoms in total. The highest BCUT2D eigenvalue weighted by molar-refractivity contribution is 5.99. The van der Waals surface area contributed by atoms with Gasteiger partial charge >= 0.3 is 6.18 Å². The molecule has 194 valence electrons. The monoisotopic (exact) mass is 511 g/mol. The zero-order chi connectivity index (χ0) is 26.3. The number of alkyl halides is 3. The van der Waals surface area contributed by atoms with E-state index in [4.69, 9.17) is 4.74 Å². The van der Waals surface area contributed by atoms with Crippen molar-refractivity contribution in [3.05, 3.63) is 95.6 Å². The van der Waals surface area contributed by atoms with Gasteiger partial charge in [-0.15, -0.1) is 0 Å². The lowest BCUT2D eigenvalue weighted by Gasteiger charge is -2.34. The third-order valence-electron chi connectivity index (χ3n) is 6.17. The lowest BCUT2D eigenvalue weighted by atomic mass is 10.0. The number of rotatable bonds is 8. The van der Waals surface area contributed by atoms with Crippen LogP contribution in [0.1, 0.15) is 34.3 Å². The Balaban J connectivity index is 1.30. The number of piperidine rings is 1. The van der Waals surface area contributed by atoms with Crippen molar-refractivity contribution in [3.63, 3.8) is 0 Å². The smallest absolute Gasteiger partial charge is 0.416 e. The second-order valence-corrected chi connectivity index (χ2v) is 8.83. The number of hydrogen-bond donors (Lipinski definition) is 2. The Hall–Kier alpha value is -4.01. The summed E-state index contributed by atoms with van der Waals surface area (Å²) < 4.78 is 44.4. The van der Waals surface area contributed by atoms with E-state index in [-0.39, 0.29) is 31.0 Å². The first kappa shape index (κ1) is 26.1. The third-order valence-corrected chi connectivity index (χ3v) is 6.17. The number of halogens is 3. The van der Waals surface area contributed by atoms with Crippen molar-refractivity contribution in [1.29, 1.82) is 0 Å². The quantitative estimate of drug-likeness (QED) is 0.456. The van der Waals surface area contributed by atoms with Gasteiger partial charge in [0, 0.05) is 31.4 Å². The molecule has 3 aromatic carbocycles. The number of ether oxygens (including phenoxy) is 1. The fraction of sp³-hybridized carbons (Fsp3) is 0.286. The summed E-state index contributed by atoms with van der Waals surface area (Å²) in [7, 11) is 0. The number of nitrogens with zero attached hydrogens (tertiary/aromatic N) is 1. The third kappa shape index (κ3) is 7.25. The molecule has 0 spiro atoms. The number of amides is 2. The number of hydrogen-bond acceptors (Lipinski definition) is 4. The average Bonchev–Trinajstić information content (AvgIpc) is 2.91. The number of para-hydroxylation sites is 2. The van der Waals surface area contributed by atoms with Crippen LogP contribution in [0, 0.1) is 0 Å². The summed E-state index contributed by atoms with van der Waals surface area (Å²) in [6, 6.07) is 21.2. The Morgan fingerprint density at radius 2 is 1.62 bits per heavy atom. The molecular formula is C28H28F3N3O3. The molecule has 4 rings (SSSR count). The molecule has 2 amide bonds. The van der Waals surface area contributed by atoms with E-state index in [0.29, 0.717) is 42.8 Å². The molecule has 0 saturated carbocycles. The maximum atomic E-state index is 13.0. The van der Waals surface area contributed by atoms with Gasteiger partial charge in [-0.1, -0.05) is 42.5 Å². The zero-order valence-electron chi connectivity index (χ0n) is 20.1. The Morgan fingerprint density at radius 3 is 2.35 bits per heavy atom. The molecule has 1 heterocycles. The Morgan fingerprint density at radius 1 is 0.919 bits per heavy atom. The van der Waals surface area contributed by atoms with Crippen LogP contribution < -0.4 is 20.3 Å². The van der Waals surface area contributed by atoms with Crippen LogP contribution in [0.25, 0.3) is 0 Å². The number of nitrogens with one attached hydrogen (secondary N) is 2. The van der Waals surface area contributed by atoms with Gasteiger partial charge in [-0.25, -0.2) is 0 Å². The highest BCUT2D eigenvalue weighted by Crippen LogP contribution is 2.29. The van der Waals surface area contributed by atoms with Gasteiger partial charge in [-0.05, 0) is 54.8 Å². The second-order valence-electron chi connectivity index (χ2n) is 8.83.